The molecule has 1 amide bonds. The second-order valence-electron chi connectivity index (χ2n) is 5.40. The SMILES string of the molecule is Cc1cc(CN(C)C(=O)CC2CCNC2)ccc1F. The third kappa shape index (κ3) is 3.77. The van der Waals surface area contributed by atoms with Crippen LogP contribution in [0.15, 0.2) is 18.2 Å². The van der Waals surface area contributed by atoms with Gasteiger partial charge in [0.15, 0.2) is 0 Å². The van der Waals surface area contributed by atoms with Crippen molar-refractivity contribution < 1.29 is 9.18 Å². The lowest BCUT2D eigenvalue weighted by Gasteiger charge is -2.19. The molecule has 1 heterocycles. The summed E-state index contributed by atoms with van der Waals surface area (Å²) in [5, 5.41) is 3.27. The third-order valence-corrected chi connectivity index (χ3v) is 3.69. The van der Waals surface area contributed by atoms with E-state index in [0.717, 1.165) is 25.1 Å². The minimum absolute atomic E-state index is 0.163. The van der Waals surface area contributed by atoms with Crippen LogP contribution in [0.2, 0.25) is 0 Å². The fraction of sp³-hybridized carbons (Fsp3) is 0.533. The topological polar surface area (TPSA) is 32.3 Å². The van der Waals surface area contributed by atoms with E-state index in [1.165, 1.54) is 6.07 Å². The molecule has 0 saturated carbocycles. The lowest BCUT2D eigenvalue weighted by Crippen LogP contribution is -2.28. The van der Waals surface area contributed by atoms with Crippen molar-refractivity contribution in [2.75, 3.05) is 20.1 Å². The molecule has 1 atom stereocenters. The molecule has 1 fully saturated rings. The molecular weight excluding hydrogens is 243 g/mol. The molecule has 0 aliphatic carbocycles. The average Bonchev–Trinajstić information content (AvgIpc) is 2.86. The molecule has 1 aliphatic heterocycles. The first kappa shape index (κ1) is 14.0. The van der Waals surface area contributed by atoms with E-state index in [2.05, 4.69) is 5.32 Å². The van der Waals surface area contributed by atoms with Gasteiger partial charge in [-0.15, -0.1) is 0 Å². The lowest BCUT2D eigenvalue weighted by molar-refractivity contribution is -0.131. The van der Waals surface area contributed by atoms with Gasteiger partial charge in [0.1, 0.15) is 5.82 Å². The van der Waals surface area contributed by atoms with Crippen molar-refractivity contribution in [3.8, 4) is 0 Å². The van der Waals surface area contributed by atoms with Crippen LogP contribution < -0.4 is 5.32 Å². The molecule has 1 unspecified atom stereocenters. The van der Waals surface area contributed by atoms with Crippen LogP contribution in [0.1, 0.15) is 24.0 Å². The minimum atomic E-state index is -0.199. The predicted octanol–water partition coefficient (Wildman–Crippen LogP) is 2.09. The summed E-state index contributed by atoms with van der Waals surface area (Å²) in [7, 11) is 1.81. The molecular formula is C15H21FN2O. The first-order chi connectivity index (χ1) is 9.06. The van der Waals surface area contributed by atoms with Crippen molar-refractivity contribution in [3.05, 3.63) is 35.1 Å². The summed E-state index contributed by atoms with van der Waals surface area (Å²) in [5.74, 6) is 0.426. The van der Waals surface area contributed by atoms with Crippen molar-refractivity contribution in [1.29, 1.82) is 0 Å². The van der Waals surface area contributed by atoms with Gasteiger partial charge in [-0.05, 0) is 49.5 Å². The molecule has 0 aromatic heterocycles. The van der Waals surface area contributed by atoms with Gasteiger partial charge in [0.05, 0.1) is 0 Å². The molecule has 0 spiro atoms. The van der Waals surface area contributed by atoms with Gasteiger partial charge in [-0.2, -0.15) is 0 Å². The van der Waals surface area contributed by atoms with Gasteiger partial charge >= 0.3 is 0 Å². The maximum Gasteiger partial charge on any atom is 0.222 e. The normalized spacial score (nSPS) is 18.6. The van der Waals surface area contributed by atoms with E-state index in [4.69, 9.17) is 0 Å². The number of nitrogens with zero attached hydrogens (tertiary/aromatic N) is 1. The number of hydrogen-bond donors (Lipinski definition) is 1. The Hall–Kier alpha value is -1.42. The van der Waals surface area contributed by atoms with Crippen molar-refractivity contribution >= 4 is 5.91 Å². The fourth-order valence-electron chi connectivity index (χ4n) is 2.46. The number of halogens is 1. The van der Waals surface area contributed by atoms with Crippen LogP contribution in [0.25, 0.3) is 0 Å². The third-order valence-electron chi connectivity index (χ3n) is 3.69. The molecule has 1 saturated heterocycles. The summed E-state index contributed by atoms with van der Waals surface area (Å²) < 4.78 is 13.2. The highest BCUT2D eigenvalue weighted by molar-refractivity contribution is 5.76. The number of hydrogen-bond acceptors (Lipinski definition) is 2. The zero-order valence-electron chi connectivity index (χ0n) is 11.6. The van der Waals surface area contributed by atoms with Crippen molar-refractivity contribution in [1.82, 2.24) is 10.2 Å². The van der Waals surface area contributed by atoms with Crippen LogP contribution in [-0.2, 0) is 11.3 Å². The molecule has 3 nitrogen and oxygen atoms in total. The Kier molecular flexibility index (Phi) is 4.53. The Morgan fingerprint density at radius 1 is 1.53 bits per heavy atom. The first-order valence-electron chi connectivity index (χ1n) is 6.76. The summed E-state index contributed by atoms with van der Waals surface area (Å²) in [4.78, 5) is 13.8. The summed E-state index contributed by atoms with van der Waals surface area (Å²) in [6.07, 6.45) is 1.68. The highest BCUT2D eigenvalue weighted by atomic mass is 19.1. The number of carbonyl (C=O) groups is 1. The Bertz CT molecular complexity index is 455. The quantitative estimate of drug-likeness (QED) is 0.903. The molecule has 104 valence electrons. The van der Waals surface area contributed by atoms with E-state index in [1.807, 2.05) is 7.05 Å². The molecule has 0 bridgehead atoms. The molecule has 1 aliphatic rings. The van der Waals surface area contributed by atoms with Crippen LogP contribution in [0, 0.1) is 18.7 Å². The van der Waals surface area contributed by atoms with E-state index in [1.54, 1.807) is 24.0 Å². The number of benzene rings is 1. The zero-order valence-corrected chi connectivity index (χ0v) is 11.6. The molecule has 4 heteroatoms. The summed E-state index contributed by atoms with van der Waals surface area (Å²) in [5.41, 5.74) is 1.60. The summed E-state index contributed by atoms with van der Waals surface area (Å²) >= 11 is 0. The molecule has 1 aromatic carbocycles. The molecule has 2 rings (SSSR count). The second-order valence-corrected chi connectivity index (χ2v) is 5.40. The maximum absolute atomic E-state index is 13.2. The van der Waals surface area contributed by atoms with E-state index in [-0.39, 0.29) is 11.7 Å². The van der Waals surface area contributed by atoms with Crippen molar-refractivity contribution in [2.45, 2.75) is 26.3 Å². The monoisotopic (exact) mass is 264 g/mol. The largest absolute Gasteiger partial charge is 0.341 e. The number of carbonyl (C=O) groups excluding carboxylic acids is 1. The summed E-state index contributed by atoms with van der Waals surface area (Å²) in [6, 6.07) is 5.00. The van der Waals surface area contributed by atoms with Crippen LogP contribution in [0.4, 0.5) is 4.39 Å². The van der Waals surface area contributed by atoms with Gasteiger partial charge in [-0.3, -0.25) is 4.79 Å². The fourth-order valence-corrected chi connectivity index (χ4v) is 2.46. The molecule has 1 N–H and O–H groups in total. The lowest BCUT2D eigenvalue weighted by atomic mass is 10.0. The zero-order chi connectivity index (χ0) is 13.8. The predicted molar refractivity (Wildman–Crippen MR) is 73.2 cm³/mol. The smallest absolute Gasteiger partial charge is 0.222 e. The van der Waals surface area contributed by atoms with Crippen LogP contribution >= 0.6 is 0 Å². The molecule has 19 heavy (non-hydrogen) atoms. The number of amides is 1. The first-order valence-corrected chi connectivity index (χ1v) is 6.76. The number of nitrogens with one attached hydrogen (secondary N) is 1. The van der Waals surface area contributed by atoms with Gasteiger partial charge in [0, 0.05) is 20.0 Å². The Balaban J connectivity index is 1.90. The van der Waals surface area contributed by atoms with E-state index >= 15 is 0 Å². The van der Waals surface area contributed by atoms with Crippen LogP contribution in [0.3, 0.4) is 0 Å². The molecule has 1 aromatic rings. The maximum atomic E-state index is 13.2. The van der Waals surface area contributed by atoms with E-state index in [9.17, 15) is 9.18 Å². The summed E-state index contributed by atoms with van der Waals surface area (Å²) in [6.45, 7) is 4.24. The molecule has 0 radical (unpaired) electrons. The van der Waals surface area contributed by atoms with E-state index < -0.39 is 0 Å². The van der Waals surface area contributed by atoms with Gasteiger partial charge in [-0.1, -0.05) is 12.1 Å². The Morgan fingerprint density at radius 2 is 2.32 bits per heavy atom. The second kappa shape index (κ2) is 6.15. The highest BCUT2D eigenvalue weighted by Gasteiger charge is 2.20. The number of aryl methyl sites for hydroxylation is 1. The van der Waals surface area contributed by atoms with Gasteiger partial charge in [0.25, 0.3) is 0 Å². The van der Waals surface area contributed by atoms with Crippen LogP contribution in [-0.4, -0.2) is 30.9 Å². The van der Waals surface area contributed by atoms with Crippen molar-refractivity contribution in [3.63, 3.8) is 0 Å². The Labute approximate surface area is 113 Å². The van der Waals surface area contributed by atoms with Crippen molar-refractivity contribution in [2.24, 2.45) is 5.92 Å². The van der Waals surface area contributed by atoms with Gasteiger partial charge < -0.3 is 10.2 Å². The van der Waals surface area contributed by atoms with Gasteiger partial charge in [-0.25, -0.2) is 4.39 Å². The van der Waals surface area contributed by atoms with Gasteiger partial charge in [0.2, 0.25) is 5.91 Å². The van der Waals surface area contributed by atoms with Crippen LogP contribution in [0.5, 0.6) is 0 Å². The minimum Gasteiger partial charge on any atom is -0.341 e. The van der Waals surface area contributed by atoms with E-state index in [0.29, 0.717) is 24.4 Å². The standard InChI is InChI=1S/C15H21FN2O/c1-11-7-13(3-4-14(11)16)10-18(2)15(19)8-12-5-6-17-9-12/h3-4,7,12,17H,5-6,8-10H2,1-2H3. The Morgan fingerprint density at radius 3 is 2.95 bits per heavy atom. The average molecular weight is 264 g/mol. The highest BCUT2D eigenvalue weighted by Crippen LogP contribution is 2.15. The number of rotatable bonds is 4.